The number of urea groups is 1. The molecular formula is C29H36N6O3S. The van der Waals surface area contributed by atoms with Crippen LogP contribution in [-0.4, -0.2) is 54.7 Å². The smallest absolute Gasteiger partial charge is 0.321 e. The second-order valence-corrected chi connectivity index (χ2v) is 11.1. The number of benzene rings is 2. The van der Waals surface area contributed by atoms with Gasteiger partial charge in [0.1, 0.15) is 0 Å². The molecule has 0 spiro atoms. The van der Waals surface area contributed by atoms with Crippen molar-refractivity contribution in [3.63, 3.8) is 0 Å². The third kappa shape index (κ3) is 7.35. The van der Waals surface area contributed by atoms with Crippen molar-refractivity contribution >= 4 is 39.8 Å². The van der Waals surface area contributed by atoms with Crippen LogP contribution in [-0.2, 0) is 17.6 Å². The van der Waals surface area contributed by atoms with Crippen LogP contribution in [0, 0.1) is 0 Å². The molecule has 1 aliphatic carbocycles. The number of ether oxygens (including phenoxy) is 1. The normalized spacial score (nSPS) is 16.2. The Bertz CT molecular complexity index is 1250. The highest BCUT2D eigenvalue weighted by Crippen LogP contribution is 2.30. The van der Waals surface area contributed by atoms with E-state index in [4.69, 9.17) is 10.5 Å². The molecule has 206 valence electrons. The molecule has 0 bridgehead atoms. The number of thiazole rings is 1. The van der Waals surface area contributed by atoms with Crippen molar-refractivity contribution in [1.29, 1.82) is 0 Å². The summed E-state index contributed by atoms with van der Waals surface area (Å²) in [5, 5.41) is 9.62. The van der Waals surface area contributed by atoms with E-state index in [1.807, 2.05) is 24.3 Å². The van der Waals surface area contributed by atoms with Gasteiger partial charge in [0.2, 0.25) is 0 Å². The highest BCUT2D eigenvalue weighted by Gasteiger charge is 2.20. The minimum atomic E-state index is -0.265. The zero-order chi connectivity index (χ0) is 27.0. The molecule has 3 aromatic rings. The topological polar surface area (TPSA) is 122 Å². The standard InChI is InChI=1S/C29H36N6O3S/c30-22-6-1-2-7-24(22)31-27(36)21-13-11-20(12-14-21)23(9-5-15-35-16-18-38-19-17-35)32-28(37)34-29-33-25-8-3-4-10-26(25)39-29/h1-2,6-7,11-14,23H,3-5,8-10,15-19,30H2,(H,31,36)(H2,32,33,34,37). The van der Waals surface area contributed by atoms with Crippen LogP contribution >= 0.6 is 11.3 Å². The predicted molar refractivity (Wildman–Crippen MR) is 155 cm³/mol. The molecule has 5 rings (SSSR count). The van der Waals surface area contributed by atoms with Crippen LogP contribution in [0.1, 0.15) is 58.2 Å². The minimum absolute atomic E-state index is 0.206. The van der Waals surface area contributed by atoms with E-state index in [2.05, 4.69) is 25.8 Å². The number of aromatic nitrogens is 1. The molecule has 9 nitrogen and oxygen atoms in total. The summed E-state index contributed by atoms with van der Waals surface area (Å²) in [6, 6.07) is 14.1. The summed E-state index contributed by atoms with van der Waals surface area (Å²) < 4.78 is 5.46. The van der Waals surface area contributed by atoms with Gasteiger partial charge < -0.3 is 21.1 Å². The van der Waals surface area contributed by atoms with Gasteiger partial charge in [0, 0.05) is 23.5 Å². The minimum Gasteiger partial charge on any atom is -0.397 e. The van der Waals surface area contributed by atoms with Crippen LogP contribution < -0.4 is 21.7 Å². The van der Waals surface area contributed by atoms with Crippen molar-refractivity contribution in [3.8, 4) is 0 Å². The van der Waals surface area contributed by atoms with E-state index in [1.165, 1.54) is 11.3 Å². The SMILES string of the molecule is Nc1ccccc1NC(=O)c1ccc(C(CCCN2CCOCC2)NC(=O)Nc2nc3c(s2)CCCC3)cc1. The van der Waals surface area contributed by atoms with E-state index >= 15 is 0 Å². The lowest BCUT2D eigenvalue weighted by Crippen LogP contribution is -2.37. The van der Waals surface area contributed by atoms with Crippen molar-refractivity contribution in [1.82, 2.24) is 15.2 Å². The van der Waals surface area contributed by atoms with Crippen LogP contribution in [0.3, 0.4) is 0 Å². The molecule has 2 aromatic carbocycles. The van der Waals surface area contributed by atoms with E-state index in [1.54, 1.807) is 35.6 Å². The molecule has 1 atom stereocenters. The van der Waals surface area contributed by atoms with Gasteiger partial charge >= 0.3 is 6.03 Å². The number of amides is 3. The van der Waals surface area contributed by atoms with Gasteiger partial charge in [0.25, 0.3) is 5.91 Å². The number of carbonyl (C=O) groups excluding carboxylic acids is 2. The van der Waals surface area contributed by atoms with Crippen LogP contribution in [0.25, 0.3) is 0 Å². The van der Waals surface area contributed by atoms with E-state index in [0.29, 0.717) is 22.1 Å². The van der Waals surface area contributed by atoms with Gasteiger partial charge in [-0.3, -0.25) is 15.0 Å². The molecule has 5 N–H and O–H groups in total. The third-order valence-electron chi connectivity index (χ3n) is 7.23. The lowest BCUT2D eigenvalue weighted by molar-refractivity contribution is 0.0369. The Kier molecular flexibility index (Phi) is 9.08. The van der Waals surface area contributed by atoms with Gasteiger partial charge in [-0.25, -0.2) is 9.78 Å². The maximum atomic E-state index is 13.0. The third-order valence-corrected chi connectivity index (χ3v) is 8.30. The van der Waals surface area contributed by atoms with E-state index in [9.17, 15) is 9.59 Å². The summed E-state index contributed by atoms with van der Waals surface area (Å²) in [6.07, 6.45) is 6.05. The number of hydrogen-bond acceptors (Lipinski definition) is 7. The quantitative estimate of drug-likeness (QED) is 0.284. The fourth-order valence-corrected chi connectivity index (χ4v) is 6.08. The fraction of sp³-hybridized carbons (Fsp3) is 0.414. The number of anilines is 3. The number of aryl methyl sites for hydroxylation is 2. The molecule has 1 aromatic heterocycles. The summed E-state index contributed by atoms with van der Waals surface area (Å²) in [7, 11) is 0. The largest absolute Gasteiger partial charge is 0.397 e. The van der Waals surface area contributed by atoms with Gasteiger partial charge in [-0.2, -0.15) is 0 Å². The first-order valence-electron chi connectivity index (χ1n) is 13.7. The summed E-state index contributed by atoms with van der Waals surface area (Å²) in [5.41, 5.74) is 9.64. The van der Waals surface area contributed by atoms with Crippen molar-refractivity contribution in [2.75, 3.05) is 49.2 Å². The van der Waals surface area contributed by atoms with Gasteiger partial charge in [-0.15, -0.1) is 11.3 Å². The number of fused-ring (bicyclic) bond motifs is 1. The summed E-state index contributed by atoms with van der Waals surface area (Å²) in [6.45, 7) is 4.34. The second-order valence-electron chi connectivity index (χ2n) is 10.0. The van der Waals surface area contributed by atoms with Gasteiger partial charge in [0.15, 0.2) is 5.13 Å². The molecule has 2 heterocycles. The van der Waals surface area contributed by atoms with Gasteiger partial charge in [-0.05, 0) is 74.9 Å². The van der Waals surface area contributed by atoms with E-state index in [-0.39, 0.29) is 18.0 Å². The van der Waals surface area contributed by atoms with Gasteiger partial charge in [-0.1, -0.05) is 24.3 Å². The Morgan fingerprint density at radius 3 is 2.56 bits per heavy atom. The Labute approximate surface area is 233 Å². The molecule has 10 heteroatoms. The zero-order valence-corrected chi connectivity index (χ0v) is 22.9. The summed E-state index contributed by atoms with van der Waals surface area (Å²) in [4.78, 5) is 34.1. The fourth-order valence-electron chi connectivity index (χ4n) is 5.03. The van der Waals surface area contributed by atoms with Crippen molar-refractivity contribution in [3.05, 3.63) is 70.2 Å². The number of nitrogen functional groups attached to an aromatic ring is 1. The zero-order valence-electron chi connectivity index (χ0n) is 22.1. The van der Waals surface area contributed by atoms with Crippen LogP contribution in [0.2, 0.25) is 0 Å². The molecule has 39 heavy (non-hydrogen) atoms. The van der Waals surface area contributed by atoms with E-state index < -0.39 is 0 Å². The monoisotopic (exact) mass is 548 g/mol. The molecule has 3 amide bonds. The molecule has 0 radical (unpaired) electrons. The van der Waals surface area contributed by atoms with E-state index in [0.717, 1.165) is 76.2 Å². The molecule has 1 saturated heterocycles. The first kappa shape index (κ1) is 27.1. The molecule has 2 aliphatic rings. The number of para-hydroxylation sites is 2. The number of rotatable bonds is 9. The Morgan fingerprint density at radius 2 is 1.79 bits per heavy atom. The average molecular weight is 549 g/mol. The second kappa shape index (κ2) is 13.1. The van der Waals surface area contributed by atoms with Gasteiger partial charge in [0.05, 0.1) is 36.3 Å². The Morgan fingerprint density at radius 1 is 1.03 bits per heavy atom. The van der Waals surface area contributed by atoms with Crippen LogP contribution in [0.4, 0.5) is 21.3 Å². The van der Waals surface area contributed by atoms with Crippen LogP contribution in [0.5, 0.6) is 0 Å². The van der Waals surface area contributed by atoms with Crippen molar-refractivity contribution in [2.45, 2.75) is 44.6 Å². The highest BCUT2D eigenvalue weighted by molar-refractivity contribution is 7.15. The van der Waals surface area contributed by atoms with Crippen molar-refractivity contribution in [2.24, 2.45) is 0 Å². The highest BCUT2D eigenvalue weighted by atomic mass is 32.1. The first-order valence-corrected chi connectivity index (χ1v) is 14.5. The Balaban J connectivity index is 1.24. The predicted octanol–water partition coefficient (Wildman–Crippen LogP) is 4.83. The lowest BCUT2D eigenvalue weighted by Gasteiger charge is -2.27. The molecule has 0 saturated carbocycles. The number of nitrogens with zero attached hydrogens (tertiary/aromatic N) is 2. The first-order chi connectivity index (χ1) is 19.0. The summed E-state index contributed by atoms with van der Waals surface area (Å²) >= 11 is 1.58. The molecule has 1 aliphatic heterocycles. The molecule has 1 unspecified atom stereocenters. The van der Waals surface area contributed by atoms with Crippen LogP contribution in [0.15, 0.2) is 48.5 Å². The number of nitrogens with one attached hydrogen (secondary N) is 3. The molecular weight excluding hydrogens is 512 g/mol. The lowest BCUT2D eigenvalue weighted by atomic mass is 10.00. The summed E-state index contributed by atoms with van der Waals surface area (Å²) in [5.74, 6) is -0.234. The number of nitrogens with two attached hydrogens (primary N) is 1. The molecule has 1 fully saturated rings. The maximum absolute atomic E-state index is 13.0. The average Bonchev–Trinajstić information content (AvgIpc) is 3.36. The number of carbonyl (C=O) groups is 2. The maximum Gasteiger partial charge on any atom is 0.321 e. The number of hydrogen-bond donors (Lipinski definition) is 4. The van der Waals surface area contributed by atoms with Crippen molar-refractivity contribution < 1.29 is 14.3 Å². The number of morpholine rings is 1. The Hall–Kier alpha value is -3.47.